The Labute approximate surface area is 168 Å². The molecule has 152 valence electrons. The standard InChI is InChI=1S/C20H24ClNO6/c1-25-18-10-15(16(22)11-19(18)26-2)20(24)28-12-17(23)13-4-6-14(7-5-13)27-9-3-8-21/h4-7,10-11,17,23H,3,8-9,12,22H2,1-2H3. The van der Waals surface area contributed by atoms with Crippen LogP contribution >= 0.6 is 11.6 Å². The van der Waals surface area contributed by atoms with Crippen LogP contribution in [0.15, 0.2) is 36.4 Å². The maximum absolute atomic E-state index is 12.3. The van der Waals surface area contributed by atoms with Gasteiger partial charge in [-0.2, -0.15) is 0 Å². The van der Waals surface area contributed by atoms with E-state index in [-0.39, 0.29) is 17.9 Å². The molecule has 28 heavy (non-hydrogen) atoms. The van der Waals surface area contributed by atoms with Crippen LogP contribution in [0.4, 0.5) is 5.69 Å². The minimum Gasteiger partial charge on any atom is -0.494 e. The van der Waals surface area contributed by atoms with Gasteiger partial charge in [0.15, 0.2) is 11.5 Å². The molecule has 0 aromatic heterocycles. The summed E-state index contributed by atoms with van der Waals surface area (Å²) in [5.41, 5.74) is 6.80. The van der Waals surface area contributed by atoms with Gasteiger partial charge in [0, 0.05) is 18.0 Å². The molecule has 0 aliphatic carbocycles. The minimum absolute atomic E-state index is 0.132. The van der Waals surface area contributed by atoms with Crippen molar-refractivity contribution >= 4 is 23.3 Å². The average molecular weight is 410 g/mol. The number of alkyl halides is 1. The second-order valence-electron chi connectivity index (χ2n) is 5.87. The first-order valence-corrected chi connectivity index (χ1v) is 9.19. The van der Waals surface area contributed by atoms with E-state index in [1.165, 1.54) is 26.4 Å². The molecule has 0 aliphatic rings. The molecular formula is C20H24ClNO6. The van der Waals surface area contributed by atoms with Gasteiger partial charge in [-0.25, -0.2) is 4.79 Å². The summed E-state index contributed by atoms with van der Waals surface area (Å²) < 4.78 is 21.0. The van der Waals surface area contributed by atoms with Crippen molar-refractivity contribution in [3.05, 3.63) is 47.5 Å². The number of anilines is 1. The number of ether oxygens (including phenoxy) is 4. The third kappa shape index (κ3) is 5.68. The Kier molecular flexibility index (Phi) is 8.22. The molecule has 3 N–H and O–H groups in total. The lowest BCUT2D eigenvalue weighted by molar-refractivity contribution is 0.0254. The second-order valence-corrected chi connectivity index (χ2v) is 6.25. The van der Waals surface area contributed by atoms with Crippen LogP contribution in [0, 0.1) is 0 Å². The number of rotatable bonds is 10. The van der Waals surface area contributed by atoms with Crippen LogP contribution in [0.25, 0.3) is 0 Å². The number of benzene rings is 2. The molecule has 0 radical (unpaired) electrons. The highest BCUT2D eigenvalue weighted by atomic mass is 35.5. The molecular weight excluding hydrogens is 386 g/mol. The fraction of sp³-hybridized carbons (Fsp3) is 0.350. The zero-order chi connectivity index (χ0) is 20.5. The topological polar surface area (TPSA) is 100 Å². The van der Waals surface area contributed by atoms with Crippen molar-refractivity contribution in [1.29, 1.82) is 0 Å². The number of hydrogen-bond donors (Lipinski definition) is 2. The van der Waals surface area contributed by atoms with E-state index in [4.69, 9.17) is 36.3 Å². The van der Waals surface area contributed by atoms with Gasteiger partial charge >= 0.3 is 5.97 Å². The van der Waals surface area contributed by atoms with Gasteiger partial charge in [-0.1, -0.05) is 12.1 Å². The van der Waals surface area contributed by atoms with E-state index in [2.05, 4.69) is 0 Å². The monoisotopic (exact) mass is 409 g/mol. The second kappa shape index (κ2) is 10.6. The number of carbonyl (C=O) groups is 1. The summed E-state index contributed by atoms with van der Waals surface area (Å²) in [6.07, 6.45) is -0.233. The molecule has 1 atom stereocenters. The molecule has 1 unspecified atom stereocenters. The first-order chi connectivity index (χ1) is 13.5. The van der Waals surface area contributed by atoms with Crippen molar-refractivity contribution in [3.8, 4) is 17.2 Å². The van der Waals surface area contributed by atoms with Crippen molar-refractivity contribution in [2.75, 3.05) is 39.0 Å². The highest BCUT2D eigenvalue weighted by Crippen LogP contribution is 2.32. The maximum atomic E-state index is 12.3. The molecule has 0 saturated carbocycles. The molecule has 2 aromatic carbocycles. The Hall–Kier alpha value is -2.64. The Balaban J connectivity index is 1.97. The van der Waals surface area contributed by atoms with Gasteiger partial charge in [-0.3, -0.25) is 0 Å². The number of esters is 1. The quantitative estimate of drug-likeness (QED) is 0.269. The summed E-state index contributed by atoms with van der Waals surface area (Å²) in [5, 5.41) is 10.3. The molecule has 0 aliphatic heterocycles. The van der Waals surface area contributed by atoms with Gasteiger partial charge in [0.25, 0.3) is 0 Å². The smallest absolute Gasteiger partial charge is 0.340 e. The molecule has 7 nitrogen and oxygen atoms in total. The van der Waals surface area contributed by atoms with Crippen molar-refractivity contribution in [2.45, 2.75) is 12.5 Å². The van der Waals surface area contributed by atoms with E-state index in [0.717, 1.165) is 6.42 Å². The Morgan fingerprint density at radius 3 is 2.39 bits per heavy atom. The van der Waals surface area contributed by atoms with Crippen molar-refractivity contribution in [1.82, 2.24) is 0 Å². The summed E-state index contributed by atoms with van der Waals surface area (Å²) >= 11 is 5.61. The zero-order valence-corrected chi connectivity index (χ0v) is 16.6. The molecule has 2 aromatic rings. The number of nitrogens with two attached hydrogens (primary N) is 1. The highest BCUT2D eigenvalue weighted by molar-refractivity contribution is 6.17. The first-order valence-electron chi connectivity index (χ1n) is 8.65. The van der Waals surface area contributed by atoms with E-state index in [9.17, 15) is 9.90 Å². The summed E-state index contributed by atoms with van der Waals surface area (Å²) in [5.74, 6) is 1.31. The molecule has 2 rings (SSSR count). The van der Waals surface area contributed by atoms with Crippen molar-refractivity contribution in [3.63, 3.8) is 0 Å². The normalized spacial score (nSPS) is 11.6. The van der Waals surface area contributed by atoms with E-state index < -0.39 is 12.1 Å². The van der Waals surface area contributed by atoms with Crippen LogP contribution in [0.5, 0.6) is 17.2 Å². The molecule has 0 saturated heterocycles. The predicted molar refractivity (Wildman–Crippen MR) is 106 cm³/mol. The molecule has 0 spiro atoms. The predicted octanol–water partition coefficient (Wildman–Crippen LogP) is 3.18. The van der Waals surface area contributed by atoms with E-state index in [1.54, 1.807) is 24.3 Å². The third-order valence-corrected chi connectivity index (χ3v) is 4.23. The van der Waals surface area contributed by atoms with Gasteiger partial charge in [0.1, 0.15) is 18.5 Å². The van der Waals surface area contributed by atoms with Gasteiger partial charge < -0.3 is 29.8 Å². The molecule has 0 fully saturated rings. The Morgan fingerprint density at radius 1 is 1.14 bits per heavy atom. The number of halogens is 1. The van der Waals surface area contributed by atoms with Crippen LogP contribution in [-0.4, -0.2) is 44.4 Å². The first kappa shape index (κ1) is 21.7. The lowest BCUT2D eigenvalue weighted by atomic mass is 10.1. The summed E-state index contributed by atoms with van der Waals surface area (Å²) in [4.78, 5) is 12.3. The maximum Gasteiger partial charge on any atom is 0.340 e. The van der Waals surface area contributed by atoms with Crippen LogP contribution in [0.2, 0.25) is 0 Å². The molecule has 0 amide bonds. The van der Waals surface area contributed by atoms with Crippen LogP contribution in [0.1, 0.15) is 28.4 Å². The van der Waals surface area contributed by atoms with Gasteiger partial charge in [-0.15, -0.1) is 11.6 Å². The number of methoxy groups -OCH3 is 2. The van der Waals surface area contributed by atoms with Gasteiger partial charge in [0.2, 0.25) is 0 Å². The van der Waals surface area contributed by atoms with Crippen LogP contribution in [0.3, 0.4) is 0 Å². The van der Waals surface area contributed by atoms with Gasteiger partial charge in [0.05, 0.1) is 32.1 Å². The highest BCUT2D eigenvalue weighted by Gasteiger charge is 2.18. The largest absolute Gasteiger partial charge is 0.494 e. The van der Waals surface area contributed by atoms with Crippen molar-refractivity contribution in [2.24, 2.45) is 0 Å². The van der Waals surface area contributed by atoms with Crippen molar-refractivity contribution < 1.29 is 28.8 Å². The van der Waals surface area contributed by atoms with E-state index in [0.29, 0.717) is 35.3 Å². The number of nitrogen functional groups attached to an aromatic ring is 1. The van der Waals surface area contributed by atoms with E-state index >= 15 is 0 Å². The molecule has 8 heteroatoms. The average Bonchev–Trinajstić information content (AvgIpc) is 2.72. The summed E-state index contributed by atoms with van der Waals surface area (Å²) in [6, 6.07) is 9.81. The summed E-state index contributed by atoms with van der Waals surface area (Å²) in [7, 11) is 2.93. The fourth-order valence-electron chi connectivity index (χ4n) is 2.43. The molecule has 0 bridgehead atoms. The number of aliphatic hydroxyl groups excluding tert-OH is 1. The third-order valence-electron chi connectivity index (χ3n) is 3.96. The minimum atomic E-state index is -0.984. The van der Waals surface area contributed by atoms with E-state index in [1.807, 2.05) is 0 Å². The lowest BCUT2D eigenvalue weighted by Gasteiger charge is -2.15. The zero-order valence-electron chi connectivity index (χ0n) is 15.8. The summed E-state index contributed by atoms with van der Waals surface area (Å²) in [6.45, 7) is 0.300. The number of carbonyl (C=O) groups excluding carboxylic acids is 1. The number of hydrogen-bond acceptors (Lipinski definition) is 7. The fourth-order valence-corrected chi connectivity index (χ4v) is 2.54. The SMILES string of the molecule is COc1cc(N)c(C(=O)OCC(O)c2ccc(OCCCCl)cc2)cc1OC. The Bertz CT molecular complexity index is 781. The lowest BCUT2D eigenvalue weighted by Crippen LogP contribution is -2.14. The molecule has 0 heterocycles. The van der Waals surface area contributed by atoms with Gasteiger partial charge in [-0.05, 0) is 24.1 Å². The van der Waals surface area contributed by atoms with Crippen LogP contribution < -0.4 is 19.9 Å². The number of aliphatic hydroxyl groups is 1. The Morgan fingerprint density at radius 2 is 1.79 bits per heavy atom. The van der Waals surface area contributed by atoms with Crippen LogP contribution in [-0.2, 0) is 4.74 Å².